The lowest BCUT2D eigenvalue weighted by Crippen LogP contribution is -2.37. The van der Waals surface area contributed by atoms with Gasteiger partial charge in [0, 0.05) is 10.5 Å². The van der Waals surface area contributed by atoms with E-state index in [0.29, 0.717) is 4.47 Å². The first kappa shape index (κ1) is 15.3. The molecule has 0 aliphatic carbocycles. The van der Waals surface area contributed by atoms with E-state index < -0.39 is 29.6 Å². The Bertz CT molecular complexity index is 522. The maximum absolute atomic E-state index is 12.6. The number of halogens is 4. The van der Waals surface area contributed by atoms with Crippen molar-refractivity contribution in [3.63, 3.8) is 0 Å². The highest BCUT2D eigenvalue weighted by Gasteiger charge is 2.33. The van der Waals surface area contributed by atoms with Gasteiger partial charge >= 0.3 is 6.18 Å². The molecule has 110 valence electrons. The molecule has 0 spiro atoms. The summed E-state index contributed by atoms with van der Waals surface area (Å²) in [5.41, 5.74) is 4.92. The molecule has 0 aromatic heterocycles. The zero-order valence-corrected chi connectivity index (χ0v) is 11.8. The van der Waals surface area contributed by atoms with Crippen LogP contribution in [0.15, 0.2) is 22.7 Å². The number of hydrogen-bond donors (Lipinski definition) is 2. The number of anilines is 1. The largest absolute Gasteiger partial charge is 0.416 e. The van der Waals surface area contributed by atoms with Crippen LogP contribution in [0, 0.1) is 5.92 Å². The Morgan fingerprint density at radius 3 is 2.65 bits per heavy atom. The average molecular weight is 353 g/mol. The number of benzene rings is 1. The fourth-order valence-corrected chi connectivity index (χ4v) is 2.21. The van der Waals surface area contributed by atoms with Crippen molar-refractivity contribution < 1.29 is 22.7 Å². The molecule has 0 radical (unpaired) electrons. The molecule has 1 fully saturated rings. The normalized spacial score (nSPS) is 22.9. The van der Waals surface area contributed by atoms with Crippen LogP contribution in [-0.2, 0) is 15.7 Å². The third kappa shape index (κ3) is 3.31. The molecule has 1 heterocycles. The van der Waals surface area contributed by atoms with Gasteiger partial charge in [-0.1, -0.05) is 0 Å². The fraction of sp³-hybridized carbons (Fsp3) is 0.417. The summed E-state index contributed by atoms with van der Waals surface area (Å²) in [5.74, 6) is -1.01. The topological polar surface area (TPSA) is 64.3 Å². The Balaban J connectivity index is 2.18. The highest BCUT2D eigenvalue weighted by molar-refractivity contribution is 9.10. The highest BCUT2D eigenvalue weighted by atomic mass is 79.9. The first-order valence-electron chi connectivity index (χ1n) is 5.80. The van der Waals surface area contributed by atoms with Crippen LogP contribution < -0.4 is 11.1 Å². The predicted molar refractivity (Wildman–Crippen MR) is 70.1 cm³/mol. The molecule has 2 rings (SSSR count). The van der Waals surface area contributed by atoms with Gasteiger partial charge in [0.2, 0.25) is 5.91 Å². The maximum Gasteiger partial charge on any atom is 0.416 e. The van der Waals surface area contributed by atoms with Gasteiger partial charge in [-0.3, -0.25) is 4.79 Å². The molecule has 1 aromatic carbocycles. The lowest BCUT2D eigenvalue weighted by atomic mass is 10.0. The van der Waals surface area contributed by atoms with E-state index >= 15 is 0 Å². The summed E-state index contributed by atoms with van der Waals surface area (Å²) in [7, 11) is 0. The predicted octanol–water partition coefficient (Wildman–Crippen LogP) is 2.38. The standard InChI is InChI=1S/C12H12BrF3N2O2/c13-8-2-1-6(12(14,15)16)3-10(8)18-11(19)7-4-20-5-9(7)17/h1-3,7,9H,4-5,17H2,(H,18,19). The number of nitrogens with two attached hydrogens (primary N) is 1. The molecule has 8 heteroatoms. The molecular formula is C12H12BrF3N2O2. The monoisotopic (exact) mass is 352 g/mol. The van der Waals surface area contributed by atoms with E-state index in [1.165, 1.54) is 6.07 Å². The van der Waals surface area contributed by atoms with Crippen molar-refractivity contribution >= 4 is 27.5 Å². The molecule has 1 aliphatic rings. The minimum Gasteiger partial charge on any atom is -0.379 e. The molecule has 1 saturated heterocycles. The Hall–Kier alpha value is -1.12. The average Bonchev–Trinajstić information content (AvgIpc) is 2.77. The smallest absolute Gasteiger partial charge is 0.379 e. The first-order chi connectivity index (χ1) is 9.29. The number of alkyl halides is 3. The van der Waals surface area contributed by atoms with Crippen LogP contribution >= 0.6 is 15.9 Å². The Morgan fingerprint density at radius 2 is 2.10 bits per heavy atom. The molecule has 4 nitrogen and oxygen atoms in total. The SMILES string of the molecule is NC1COCC1C(=O)Nc1cc(C(F)(F)F)ccc1Br. The van der Waals surface area contributed by atoms with Crippen LogP contribution in [0.1, 0.15) is 5.56 Å². The van der Waals surface area contributed by atoms with Gasteiger partial charge in [-0.25, -0.2) is 0 Å². The van der Waals surface area contributed by atoms with E-state index in [1.54, 1.807) is 0 Å². The van der Waals surface area contributed by atoms with Gasteiger partial charge in [0.05, 0.1) is 30.4 Å². The molecule has 20 heavy (non-hydrogen) atoms. The maximum atomic E-state index is 12.6. The van der Waals surface area contributed by atoms with Gasteiger partial charge in [0.15, 0.2) is 0 Å². The van der Waals surface area contributed by atoms with E-state index in [9.17, 15) is 18.0 Å². The van der Waals surface area contributed by atoms with Gasteiger partial charge < -0.3 is 15.8 Å². The third-order valence-electron chi connectivity index (χ3n) is 3.01. The Labute approximate surface area is 121 Å². The Kier molecular flexibility index (Phi) is 4.36. The second-order valence-corrected chi connectivity index (χ2v) is 5.34. The quantitative estimate of drug-likeness (QED) is 0.858. The minimum atomic E-state index is -4.47. The van der Waals surface area contributed by atoms with Gasteiger partial charge in [-0.05, 0) is 34.1 Å². The van der Waals surface area contributed by atoms with Gasteiger partial charge in [-0.2, -0.15) is 13.2 Å². The van der Waals surface area contributed by atoms with Gasteiger partial charge in [0.1, 0.15) is 0 Å². The van der Waals surface area contributed by atoms with Crippen LogP contribution in [0.2, 0.25) is 0 Å². The number of hydrogen-bond acceptors (Lipinski definition) is 3. The summed E-state index contributed by atoms with van der Waals surface area (Å²) in [6.07, 6.45) is -4.47. The molecule has 0 bridgehead atoms. The molecular weight excluding hydrogens is 341 g/mol. The number of carbonyl (C=O) groups is 1. The van der Waals surface area contributed by atoms with Crippen LogP contribution in [0.5, 0.6) is 0 Å². The van der Waals surface area contributed by atoms with E-state index in [4.69, 9.17) is 10.5 Å². The van der Waals surface area contributed by atoms with Crippen LogP contribution in [0.4, 0.5) is 18.9 Å². The molecule has 1 aliphatic heterocycles. The second-order valence-electron chi connectivity index (χ2n) is 4.49. The van der Waals surface area contributed by atoms with Crippen LogP contribution in [-0.4, -0.2) is 25.2 Å². The summed E-state index contributed by atoms with van der Waals surface area (Å²) in [4.78, 5) is 12.0. The molecule has 2 atom stereocenters. The summed E-state index contributed by atoms with van der Waals surface area (Å²) in [5, 5.41) is 2.45. The van der Waals surface area contributed by atoms with Gasteiger partial charge in [-0.15, -0.1) is 0 Å². The van der Waals surface area contributed by atoms with Crippen molar-refractivity contribution in [2.45, 2.75) is 12.2 Å². The van der Waals surface area contributed by atoms with E-state index in [0.717, 1.165) is 12.1 Å². The fourth-order valence-electron chi connectivity index (χ4n) is 1.86. The number of carbonyl (C=O) groups excluding carboxylic acids is 1. The molecule has 1 aromatic rings. The van der Waals surface area contributed by atoms with E-state index in [2.05, 4.69) is 21.2 Å². The molecule has 0 saturated carbocycles. The number of rotatable bonds is 2. The zero-order chi connectivity index (χ0) is 14.9. The number of amides is 1. The number of nitrogens with one attached hydrogen (secondary N) is 1. The summed E-state index contributed by atoms with van der Waals surface area (Å²) >= 11 is 3.10. The molecule has 3 N–H and O–H groups in total. The van der Waals surface area contributed by atoms with Crippen molar-refractivity contribution in [3.8, 4) is 0 Å². The van der Waals surface area contributed by atoms with Crippen molar-refractivity contribution in [2.75, 3.05) is 18.5 Å². The third-order valence-corrected chi connectivity index (χ3v) is 3.70. The van der Waals surface area contributed by atoms with E-state index in [-0.39, 0.29) is 18.9 Å². The van der Waals surface area contributed by atoms with Crippen LogP contribution in [0.3, 0.4) is 0 Å². The summed E-state index contributed by atoms with van der Waals surface area (Å²) < 4.78 is 43.3. The summed E-state index contributed by atoms with van der Waals surface area (Å²) in [6, 6.07) is 2.61. The van der Waals surface area contributed by atoms with Gasteiger partial charge in [0.25, 0.3) is 0 Å². The van der Waals surface area contributed by atoms with Crippen LogP contribution in [0.25, 0.3) is 0 Å². The number of ether oxygens (including phenoxy) is 1. The second kappa shape index (κ2) is 5.71. The lowest BCUT2D eigenvalue weighted by Gasteiger charge is -2.15. The van der Waals surface area contributed by atoms with Crippen molar-refractivity contribution in [3.05, 3.63) is 28.2 Å². The highest BCUT2D eigenvalue weighted by Crippen LogP contribution is 2.34. The first-order valence-corrected chi connectivity index (χ1v) is 6.59. The van der Waals surface area contributed by atoms with Crippen molar-refractivity contribution in [1.82, 2.24) is 0 Å². The molecule has 1 amide bonds. The molecule has 2 unspecified atom stereocenters. The Morgan fingerprint density at radius 1 is 1.40 bits per heavy atom. The lowest BCUT2D eigenvalue weighted by molar-refractivity contribution is -0.137. The van der Waals surface area contributed by atoms with E-state index in [1.807, 2.05) is 0 Å². The minimum absolute atomic E-state index is 0.0592. The zero-order valence-electron chi connectivity index (χ0n) is 10.2. The summed E-state index contributed by atoms with van der Waals surface area (Å²) in [6.45, 7) is 0.436. The van der Waals surface area contributed by atoms with Crippen molar-refractivity contribution in [2.24, 2.45) is 11.7 Å². The van der Waals surface area contributed by atoms with Crippen molar-refractivity contribution in [1.29, 1.82) is 0 Å².